The minimum absolute atomic E-state index is 0.0257. The minimum atomic E-state index is -0.434. The van der Waals surface area contributed by atoms with Gasteiger partial charge in [0, 0.05) is 11.0 Å². The molecule has 0 atom stereocenters. The molecular formula is C9H6Br3N3O2. The standard InChI is InChI=1S/C9H6Br3N3O2/c1-2-14-5-3-4(10)6(11)8(15(16)17)7(5)13-9(14)12/h3H,2H2,1H3. The van der Waals surface area contributed by atoms with E-state index in [1.165, 1.54) is 0 Å². The highest BCUT2D eigenvalue weighted by molar-refractivity contribution is 9.13. The number of aromatic nitrogens is 2. The van der Waals surface area contributed by atoms with Crippen LogP contribution in [-0.2, 0) is 6.54 Å². The van der Waals surface area contributed by atoms with E-state index in [1.807, 2.05) is 17.6 Å². The van der Waals surface area contributed by atoms with E-state index in [9.17, 15) is 10.1 Å². The molecule has 0 aliphatic carbocycles. The van der Waals surface area contributed by atoms with Gasteiger partial charge in [0.15, 0.2) is 10.3 Å². The molecule has 0 unspecified atom stereocenters. The number of hydrogen-bond acceptors (Lipinski definition) is 3. The Labute approximate surface area is 122 Å². The number of nitro benzene ring substituents is 1. The van der Waals surface area contributed by atoms with Crippen LogP contribution in [0.4, 0.5) is 5.69 Å². The number of nitro groups is 1. The molecule has 0 spiro atoms. The molecule has 0 aliphatic rings. The number of imidazole rings is 1. The number of nitrogens with zero attached hydrogens (tertiary/aromatic N) is 3. The summed E-state index contributed by atoms with van der Waals surface area (Å²) < 4.78 is 3.49. The first kappa shape index (κ1) is 13.0. The lowest BCUT2D eigenvalue weighted by Crippen LogP contribution is -1.95. The fourth-order valence-electron chi connectivity index (χ4n) is 1.63. The summed E-state index contributed by atoms with van der Waals surface area (Å²) in [4.78, 5) is 14.8. The molecule has 0 aliphatic heterocycles. The van der Waals surface area contributed by atoms with Gasteiger partial charge in [0.1, 0.15) is 4.47 Å². The summed E-state index contributed by atoms with van der Waals surface area (Å²) in [5.74, 6) is 0. The van der Waals surface area contributed by atoms with Gasteiger partial charge < -0.3 is 4.57 Å². The maximum Gasteiger partial charge on any atom is 0.312 e. The van der Waals surface area contributed by atoms with Crippen molar-refractivity contribution in [1.29, 1.82) is 0 Å². The van der Waals surface area contributed by atoms with Crippen LogP contribution < -0.4 is 0 Å². The van der Waals surface area contributed by atoms with E-state index in [-0.39, 0.29) is 5.69 Å². The highest BCUT2D eigenvalue weighted by Crippen LogP contribution is 2.39. The van der Waals surface area contributed by atoms with Gasteiger partial charge in [0.05, 0.1) is 10.4 Å². The van der Waals surface area contributed by atoms with E-state index in [0.717, 1.165) is 5.52 Å². The number of benzene rings is 1. The van der Waals surface area contributed by atoms with E-state index in [0.29, 0.717) is 25.7 Å². The molecule has 0 N–H and O–H groups in total. The Morgan fingerprint density at radius 3 is 2.65 bits per heavy atom. The van der Waals surface area contributed by atoms with Crippen LogP contribution in [0.25, 0.3) is 11.0 Å². The van der Waals surface area contributed by atoms with Gasteiger partial charge in [-0.05, 0) is 60.8 Å². The van der Waals surface area contributed by atoms with Crippen molar-refractivity contribution in [2.75, 3.05) is 0 Å². The van der Waals surface area contributed by atoms with E-state index in [2.05, 4.69) is 52.8 Å². The number of halogens is 3. The molecule has 17 heavy (non-hydrogen) atoms. The van der Waals surface area contributed by atoms with E-state index < -0.39 is 4.92 Å². The second-order valence-electron chi connectivity index (χ2n) is 3.27. The zero-order chi connectivity index (χ0) is 12.7. The molecule has 0 bridgehead atoms. The molecule has 90 valence electrons. The fraction of sp³-hybridized carbons (Fsp3) is 0.222. The molecule has 2 aromatic rings. The van der Waals surface area contributed by atoms with Crippen LogP contribution in [0.2, 0.25) is 0 Å². The summed E-state index contributed by atoms with van der Waals surface area (Å²) in [7, 11) is 0. The lowest BCUT2D eigenvalue weighted by molar-refractivity contribution is -0.384. The van der Waals surface area contributed by atoms with Gasteiger partial charge in [-0.1, -0.05) is 0 Å². The molecule has 0 fully saturated rings. The van der Waals surface area contributed by atoms with E-state index in [4.69, 9.17) is 0 Å². The number of fused-ring (bicyclic) bond motifs is 1. The van der Waals surface area contributed by atoms with Crippen molar-refractivity contribution in [3.8, 4) is 0 Å². The molecule has 5 nitrogen and oxygen atoms in total. The third kappa shape index (κ3) is 2.02. The minimum Gasteiger partial charge on any atom is -0.319 e. The lowest BCUT2D eigenvalue weighted by Gasteiger charge is -2.03. The average molecular weight is 428 g/mol. The summed E-state index contributed by atoms with van der Waals surface area (Å²) in [6.07, 6.45) is 0. The smallest absolute Gasteiger partial charge is 0.312 e. The molecule has 1 aromatic carbocycles. The van der Waals surface area contributed by atoms with Gasteiger partial charge in [0.25, 0.3) is 0 Å². The van der Waals surface area contributed by atoms with E-state index in [1.54, 1.807) is 0 Å². The summed E-state index contributed by atoms with van der Waals surface area (Å²) >= 11 is 9.81. The third-order valence-electron chi connectivity index (χ3n) is 2.36. The summed E-state index contributed by atoms with van der Waals surface area (Å²) in [5, 5.41) is 11.1. The van der Waals surface area contributed by atoms with Gasteiger partial charge >= 0.3 is 5.69 Å². The molecule has 8 heteroatoms. The first-order valence-electron chi connectivity index (χ1n) is 4.65. The van der Waals surface area contributed by atoms with Crippen molar-refractivity contribution < 1.29 is 4.92 Å². The molecule has 0 amide bonds. The van der Waals surface area contributed by atoms with Crippen LogP contribution in [-0.4, -0.2) is 14.5 Å². The van der Waals surface area contributed by atoms with Gasteiger partial charge in [-0.2, -0.15) is 0 Å². The average Bonchev–Trinajstić information content (AvgIpc) is 2.54. The SMILES string of the molecule is CCn1c(Br)nc2c([N+](=O)[O-])c(Br)c(Br)cc21. The molecule has 0 saturated heterocycles. The summed E-state index contributed by atoms with van der Waals surface area (Å²) in [6, 6.07) is 1.81. The van der Waals surface area contributed by atoms with Crippen LogP contribution in [0.5, 0.6) is 0 Å². The monoisotopic (exact) mass is 425 g/mol. The first-order chi connectivity index (χ1) is 7.97. The zero-order valence-corrected chi connectivity index (χ0v) is 13.3. The summed E-state index contributed by atoms with van der Waals surface area (Å²) in [6.45, 7) is 2.63. The van der Waals surface area contributed by atoms with Crippen molar-refractivity contribution in [3.63, 3.8) is 0 Å². The molecular weight excluding hydrogens is 422 g/mol. The van der Waals surface area contributed by atoms with Gasteiger partial charge in [-0.25, -0.2) is 4.98 Å². The second-order valence-corrected chi connectivity index (χ2v) is 5.63. The summed E-state index contributed by atoms with van der Waals surface area (Å²) in [5.41, 5.74) is 1.07. The third-order valence-corrected chi connectivity index (χ3v) is 4.93. The van der Waals surface area contributed by atoms with Gasteiger partial charge in [0.2, 0.25) is 0 Å². The van der Waals surface area contributed by atoms with Crippen LogP contribution in [0.3, 0.4) is 0 Å². The van der Waals surface area contributed by atoms with Crippen LogP contribution in [0.1, 0.15) is 6.92 Å². The molecule has 0 saturated carbocycles. The van der Waals surface area contributed by atoms with Crippen molar-refractivity contribution in [1.82, 2.24) is 9.55 Å². The van der Waals surface area contributed by atoms with Crippen molar-refractivity contribution >= 4 is 64.5 Å². The zero-order valence-electron chi connectivity index (χ0n) is 8.58. The highest BCUT2D eigenvalue weighted by Gasteiger charge is 2.24. The predicted molar refractivity (Wildman–Crippen MR) is 75.2 cm³/mol. The largest absolute Gasteiger partial charge is 0.319 e. The highest BCUT2D eigenvalue weighted by atomic mass is 79.9. The maximum absolute atomic E-state index is 11.1. The normalized spacial score (nSPS) is 11.1. The number of rotatable bonds is 2. The molecule has 1 aromatic heterocycles. The Morgan fingerprint density at radius 1 is 1.47 bits per heavy atom. The Bertz CT molecular complexity index is 624. The lowest BCUT2D eigenvalue weighted by atomic mass is 10.2. The van der Waals surface area contributed by atoms with Crippen LogP contribution >= 0.6 is 47.8 Å². The van der Waals surface area contributed by atoms with Gasteiger partial charge in [-0.3, -0.25) is 10.1 Å². The number of hydrogen-bond donors (Lipinski definition) is 0. The van der Waals surface area contributed by atoms with Crippen molar-refractivity contribution in [2.24, 2.45) is 0 Å². The molecule has 1 heterocycles. The van der Waals surface area contributed by atoms with E-state index >= 15 is 0 Å². The first-order valence-corrected chi connectivity index (χ1v) is 7.03. The Balaban J connectivity index is 2.96. The van der Waals surface area contributed by atoms with Crippen molar-refractivity contribution in [3.05, 3.63) is 29.9 Å². The molecule has 2 rings (SSSR count). The Morgan fingerprint density at radius 2 is 2.12 bits per heavy atom. The predicted octanol–water partition coefficient (Wildman–Crippen LogP) is 4.25. The quantitative estimate of drug-likeness (QED) is 0.531. The Hall–Kier alpha value is -0.470. The molecule has 0 radical (unpaired) electrons. The fourth-order valence-corrected chi connectivity index (χ4v) is 3.10. The maximum atomic E-state index is 11.1. The number of aryl methyl sites for hydroxylation is 1. The van der Waals surface area contributed by atoms with Crippen molar-refractivity contribution in [2.45, 2.75) is 13.5 Å². The van der Waals surface area contributed by atoms with Gasteiger partial charge in [-0.15, -0.1) is 0 Å². The van der Waals surface area contributed by atoms with Crippen LogP contribution in [0, 0.1) is 10.1 Å². The van der Waals surface area contributed by atoms with Crippen LogP contribution in [0.15, 0.2) is 19.7 Å². The second kappa shape index (κ2) is 4.66. The Kier molecular flexibility index (Phi) is 3.55. The topological polar surface area (TPSA) is 61.0 Å².